The van der Waals surface area contributed by atoms with Gasteiger partial charge in [0, 0.05) is 16.5 Å². The topological polar surface area (TPSA) is 73.3 Å². The van der Waals surface area contributed by atoms with Crippen LogP contribution in [-0.2, 0) is 0 Å². The van der Waals surface area contributed by atoms with E-state index >= 15 is 0 Å². The van der Waals surface area contributed by atoms with Crippen molar-refractivity contribution in [1.29, 1.82) is 0 Å². The van der Waals surface area contributed by atoms with Gasteiger partial charge in [-0.1, -0.05) is 18.2 Å². The molecular formula is C20H13NO4. The smallest absolute Gasteiger partial charge is 0.250 e. The van der Waals surface area contributed by atoms with Crippen LogP contribution < -0.4 is 0 Å². The SMILES string of the molecule is Cc1oc(-c2ccccc2)nc1C(=O)c1cc2cc(C=O)ccc2o1. The number of carbonyl (C=O) groups excluding carboxylic acids is 2. The zero-order chi connectivity index (χ0) is 17.4. The molecule has 0 fully saturated rings. The average molecular weight is 331 g/mol. The maximum absolute atomic E-state index is 12.8. The van der Waals surface area contributed by atoms with Crippen LogP contribution in [-0.4, -0.2) is 17.1 Å². The first kappa shape index (κ1) is 15.1. The van der Waals surface area contributed by atoms with E-state index in [9.17, 15) is 9.59 Å². The van der Waals surface area contributed by atoms with Crippen molar-refractivity contribution < 1.29 is 18.4 Å². The molecule has 5 heteroatoms. The van der Waals surface area contributed by atoms with E-state index < -0.39 is 0 Å². The molecule has 0 N–H and O–H groups in total. The third-order valence-corrected chi connectivity index (χ3v) is 3.93. The van der Waals surface area contributed by atoms with E-state index in [1.165, 1.54) is 0 Å². The monoisotopic (exact) mass is 331 g/mol. The molecule has 0 aliphatic rings. The molecule has 0 saturated carbocycles. The highest BCUT2D eigenvalue weighted by atomic mass is 16.4. The predicted molar refractivity (Wildman–Crippen MR) is 91.7 cm³/mol. The van der Waals surface area contributed by atoms with E-state index in [2.05, 4.69) is 4.98 Å². The third-order valence-electron chi connectivity index (χ3n) is 3.93. The lowest BCUT2D eigenvalue weighted by atomic mass is 10.1. The summed E-state index contributed by atoms with van der Waals surface area (Å²) in [4.78, 5) is 28.0. The Labute approximate surface area is 142 Å². The number of aryl methyl sites for hydroxylation is 1. The Hall–Kier alpha value is -3.47. The van der Waals surface area contributed by atoms with Gasteiger partial charge in [0.1, 0.15) is 17.6 Å². The number of ketones is 1. The summed E-state index contributed by atoms with van der Waals surface area (Å²) in [6.07, 6.45) is 0.752. The first-order valence-electron chi connectivity index (χ1n) is 7.72. The Kier molecular flexibility index (Phi) is 3.54. The van der Waals surface area contributed by atoms with Gasteiger partial charge >= 0.3 is 0 Å². The second-order valence-electron chi connectivity index (χ2n) is 5.64. The molecule has 0 saturated heterocycles. The number of fused-ring (bicyclic) bond motifs is 1. The molecule has 0 atom stereocenters. The lowest BCUT2D eigenvalue weighted by Crippen LogP contribution is -2.02. The summed E-state index contributed by atoms with van der Waals surface area (Å²) >= 11 is 0. The molecule has 25 heavy (non-hydrogen) atoms. The molecule has 5 nitrogen and oxygen atoms in total. The van der Waals surface area contributed by atoms with Crippen molar-refractivity contribution in [3.05, 3.63) is 77.4 Å². The molecule has 0 spiro atoms. The number of rotatable bonds is 4. The first-order chi connectivity index (χ1) is 12.2. The normalized spacial score (nSPS) is 10.9. The van der Waals surface area contributed by atoms with Gasteiger partial charge in [0.25, 0.3) is 0 Å². The van der Waals surface area contributed by atoms with Gasteiger partial charge in [-0.05, 0) is 43.3 Å². The highest BCUT2D eigenvalue weighted by Gasteiger charge is 2.22. The summed E-state index contributed by atoms with van der Waals surface area (Å²) < 4.78 is 11.2. The van der Waals surface area contributed by atoms with Crippen LogP contribution >= 0.6 is 0 Å². The van der Waals surface area contributed by atoms with Crippen molar-refractivity contribution >= 4 is 23.0 Å². The van der Waals surface area contributed by atoms with Gasteiger partial charge in [0.2, 0.25) is 11.7 Å². The summed E-state index contributed by atoms with van der Waals surface area (Å²) in [6, 6.07) is 16.0. The zero-order valence-corrected chi connectivity index (χ0v) is 13.4. The molecule has 0 aliphatic carbocycles. The van der Waals surface area contributed by atoms with Crippen molar-refractivity contribution in [2.24, 2.45) is 0 Å². The van der Waals surface area contributed by atoms with E-state index in [1.807, 2.05) is 30.3 Å². The fourth-order valence-corrected chi connectivity index (χ4v) is 2.68. The fraction of sp³-hybridized carbons (Fsp3) is 0.0500. The van der Waals surface area contributed by atoms with Gasteiger partial charge in [-0.25, -0.2) is 4.98 Å². The summed E-state index contributed by atoms with van der Waals surface area (Å²) in [5.41, 5.74) is 2.08. The minimum absolute atomic E-state index is 0.161. The lowest BCUT2D eigenvalue weighted by molar-refractivity contribution is 0.100. The Morgan fingerprint density at radius 2 is 1.84 bits per heavy atom. The van der Waals surface area contributed by atoms with Gasteiger partial charge in [0.15, 0.2) is 11.5 Å². The van der Waals surface area contributed by atoms with Gasteiger partial charge < -0.3 is 8.83 Å². The van der Waals surface area contributed by atoms with Crippen LogP contribution in [0.4, 0.5) is 0 Å². The highest BCUT2D eigenvalue weighted by molar-refractivity contribution is 6.08. The van der Waals surface area contributed by atoms with Crippen LogP contribution in [0.5, 0.6) is 0 Å². The number of furan rings is 1. The number of hydrogen-bond acceptors (Lipinski definition) is 5. The number of aromatic nitrogens is 1. The molecule has 4 aromatic rings. The van der Waals surface area contributed by atoms with E-state index in [4.69, 9.17) is 8.83 Å². The molecule has 2 heterocycles. The van der Waals surface area contributed by atoms with Crippen molar-refractivity contribution in [3.63, 3.8) is 0 Å². The van der Waals surface area contributed by atoms with Crippen LogP contribution in [0.1, 0.15) is 32.4 Å². The third kappa shape index (κ3) is 2.65. The summed E-state index contributed by atoms with van der Waals surface area (Å²) in [5, 5.41) is 0.692. The van der Waals surface area contributed by atoms with Crippen LogP contribution in [0.2, 0.25) is 0 Å². The molecule has 0 amide bonds. The first-order valence-corrected chi connectivity index (χ1v) is 7.72. The van der Waals surface area contributed by atoms with Crippen LogP contribution in [0.3, 0.4) is 0 Å². The quantitative estimate of drug-likeness (QED) is 0.408. The highest BCUT2D eigenvalue weighted by Crippen LogP contribution is 2.26. The van der Waals surface area contributed by atoms with Gasteiger partial charge in [-0.2, -0.15) is 0 Å². The Morgan fingerprint density at radius 3 is 2.60 bits per heavy atom. The lowest BCUT2D eigenvalue weighted by Gasteiger charge is -1.92. The molecule has 0 radical (unpaired) electrons. The standard InChI is InChI=1S/C20H13NO4/c1-12-18(21-20(24-12)14-5-3-2-4-6-14)19(23)17-10-15-9-13(11-22)7-8-16(15)25-17/h2-11H,1H3. The van der Waals surface area contributed by atoms with Crippen molar-refractivity contribution in [2.75, 3.05) is 0 Å². The summed E-state index contributed by atoms with van der Waals surface area (Å²) in [6.45, 7) is 1.69. The van der Waals surface area contributed by atoms with Gasteiger partial charge in [-0.15, -0.1) is 0 Å². The minimum Gasteiger partial charge on any atom is -0.453 e. The maximum Gasteiger partial charge on any atom is 0.250 e. The van der Waals surface area contributed by atoms with Crippen LogP contribution in [0.15, 0.2) is 63.4 Å². The van der Waals surface area contributed by atoms with Crippen molar-refractivity contribution in [3.8, 4) is 11.5 Å². The molecular weight excluding hydrogens is 318 g/mol. The fourth-order valence-electron chi connectivity index (χ4n) is 2.68. The Bertz CT molecular complexity index is 1090. The Morgan fingerprint density at radius 1 is 1.04 bits per heavy atom. The number of carbonyl (C=O) groups is 2. The van der Waals surface area contributed by atoms with Crippen molar-refractivity contribution in [2.45, 2.75) is 6.92 Å². The van der Waals surface area contributed by atoms with Gasteiger partial charge in [-0.3, -0.25) is 9.59 Å². The molecule has 2 aromatic carbocycles. The largest absolute Gasteiger partial charge is 0.453 e. The number of aldehydes is 1. The molecule has 0 bridgehead atoms. The number of hydrogen-bond donors (Lipinski definition) is 0. The van der Waals surface area contributed by atoms with Gasteiger partial charge in [0.05, 0.1) is 0 Å². The molecule has 2 aromatic heterocycles. The van der Waals surface area contributed by atoms with E-state index in [0.29, 0.717) is 28.2 Å². The van der Waals surface area contributed by atoms with Crippen molar-refractivity contribution in [1.82, 2.24) is 4.98 Å². The minimum atomic E-state index is -0.354. The number of oxazole rings is 1. The second-order valence-corrected chi connectivity index (χ2v) is 5.64. The van der Waals surface area contributed by atoms with E-state index in [-0.39, 0.29) is 17.2 Å². The molecule has 122 valence electrons. The van der Waals surface area contributed by atoms with Crippen LogP contribution in [0, 0.1) is 6.92 Å². The summed E-state index contributed by atoms with van der Waals surface area (Å²) in [7, 11) is 0. The zero-order valence-electron chi connectivity index (χ0n) is 13.4. The molecule has 0 unspecified atom stereocenters. The van der Waals surface area contributed by atoms with Crippen LogP contribution in [0.25, 0.3) is 22.4 Å². The number of nitrogens with zero attached hydrogens (tertiary/aromatic N) is 1. The van der Waals surface area contributed by atoms with E-state index in [0.717, 1.165) is 11.8 Å². The maximum atomic E-state index is 12.8. The Balaban J connectivity index is 1.74. The number of benzene rings is 2. The molecule has 4 rings (SSSR count). The summed E-state index contributed by atoms with van der Waals surface area (Å²) in [5.74, 6) is 0.625. The second kappa shape index (κ2) is 5.87. The average Bonchev–Trinajstić information content (AvgIpc) is 3.24. The van der Waals surface area contributed by atoms with E-state index in [1.54, 1.807) is 31.2 Å². The molecule has 0 aliphatic heterocycles. The predicted octanol–water partition coefficient (Wildman–Crippen LogP) is 4.44.